The third kappa shape index (κ3) is 2.78. The zero-order valence-electron chi connectivity index (χ0n) is 13.0. The van der Waals surface area contributed by atoms with Crippen molar-refractivity contribution in [2.24, 2.45) is 0 Å². The number of benzene rings is 1. The van der Waals surface area contributed by atoms with E-state index in [9.17, 15) is 4.79 Å². The monoisotopic (exact) mass is 307 g/mol. The van der Waals surface area contributed by atoms with Crippen LogP contribution in [0.2, 0.25) is 0 Å². The van der Waals surface area contributed by atoms with Crippen molar-refractivity contribution in [3.05, 3.63) is 60.4 Å². The number of nitrogen functional groups attached to an aromatic ring is 1. The van der Waals surface area contributed by atoms with E-state index >= 15 is 0 Å². The number of aromatic nitrogens is 3. The molecule has 0 bridgehead atoms. The highest BCUT2D eigenvalue weighted by atomic mass is 16.2. The molecule has 0 fully saturated rings. The summed E-state index contributed by atoms with van der Waals surface area (Å²) in [6.45, 7) is 0. The zero-order chi connectivity index (χ0) is 16.4. The van der Waals surface area contributed by atoms with Crippen LogP contribution in [0.1, 0.15) is 10.4 Å². The Balaban J connectivity index is 2.03. The lowest BCUT2D eigenvalue weighted by atomic mass is 10.1. The number of nitrogens with two attached hydrogens (primary N) is 1. The second-order valence-electron chi connectivity index (χ2n) is 5.32. The first-order valence-electron chi connectivity index (χ1n) is 7.15. The van der Waals surface area contributed by atoms with E-state index in [4.69, 9.17) is 5.73 Å². The standard InChI is InChI=1S/C17H17N5O/c1-21(2)15-8-4-3-7-13(15)17(23)22-16(18)10-14(20-22)12-6-5-9-19-11-12/h3-11H,18H2,1-2H3. The van der Waals surface area contributed by atoms with Crippen LogP contribution in [0.4, 0.5) is 11.5 Å². The fourth-order valence-electron chi connectivity index (χ4n) is 2.37. The van der Waals surface area contributed by atoms with E-state index in [2.05, 4.69) is 10.1 Å². The van der Waals surface area contributed by atoms with Gasteiger partial charge in [0, 0.05) is 43.8 Å². The van der Waals surface area contributed by atoms with E-state index in [1.807, 2.05) is 49.3 Å². The molecule has 6 heteroatoms. The van der Waals surface area contributed by atoms with Crippen molar-refractivity contribution < 1.29 is 4.79 Å². The van der Waals surface area contributed by atoms with Crippen LogP contribution in [-0.2, 0) is 0 Å². The van der Waals surface area contributed by atoms with Crippen molar-refractivity contribution >= 4 is 17.4 Å². The first-order valence-corrected chi connectivity index (χ1v) is 7.15. The van der Waals surface area contributed by atoms with Crippen LogP contribution in [0.5, 0.6) is 0 Å². The average Bonchev–Trinajstić information content (AvgIpc) is 2.97. The molecule has 0 aliphatic heterocycles. The summed E-state index contributed by atoms with van der Waals surface area (Å²) in [6, 6.07) is 12.7. The van der Waals surface area contributed by atoms with Gasteiger partial charge in [-0.3, -0.25) is 9.78 Å². The lowest BCUT2D eigenvalue weighted by Crippen LogP contribution is -2.20. The Morgan fingerprint density at radius 2 is 1.96 bits per heavy atom. The van der Waals surface area contributed by atoms with Crippen LogP contribution in [0, 0.1) is 0 Å². The molecule has 0 saturated heterocycles. The van der Waals surface area contributed by atoms with E-state index in [0.29, 0.717) is 17.1 Å². The molecule has 2 heterocycles. The van der Waals surface area contributed by atoms with Gasteiger partial charge in [0.15, 0.2) is 0 Å². The SMILES string of the molecule is CN(C)c1ccccc1C(=O)n1nc(-c2cccnc2)cc1N. The Morgan fingerprint density at radius 1 is 1.17 bits per heavy atom. The average molecular weight is 307 g/mol. The molecule has 0 aliphatic rings. The van der Waals surface area contributed by atoms with Crippen LogP contribution in [0.3, 0.4) is 0 Å². The number of nitrogens with zero attached hydrogens (tertiary/aromatic N) is 4. The van der Waals surface area contributed by atoms with Gasteiger partial charge in [0.05, 0.1) is 11.3 Å². The lowest BCUT2D eigenvalue weighted by Gasteiger charge is -2.16. The first kappa shape index (κ1) is 14.8. The maximum atomic E-state index is 12.8. The van der Waals surface area contributed by atoms with Crippen molar-refractivity contribution in [1.82, 2.24) is 14.8 Å². The number of anilines is 2. The molecular formula is C17H17N5O. The van der Waals surface area contributed by atoms with Crippen molar-refractivity contribution in [3.63, 3.8) is 0 Å². The fourth-order valence-corrected chi connectivity index (χ4v) is 2.37. The molecule has 2 aromatic heterocycles. The Hall–Kier alpha value is -3.15. The number of pyridine rings is 1. The van der Waals surface area contributed by atoms with Gasteiger partial charge < -0.3 is 10.6 Å². The molecule has 116 valence electrons. The fraction of sp³-hybridized carbons (Fsp3) is 0.118. The van der Waals surface area contributed by atoms with Gasteiger partial charge in [-0.05, 0) is 24.3 Å². The number of carbonyl (C=O) groups excluding carboxylic acids is 1. The summed E-state index contributed by atoms with van der Waals surface area (Å²) in [5, 5.41) is 4.34. The number of hydrogen-bond donors (Lipinski definition) is 1. The smallest absolute Gasteiger partial charge is 0.282 e. The van der Waals surface area contributed by atoms with E-state index in [-0.39, 0.29) is 5.91 Å². The molecule has 6 nitrogen and oxygen atoms in total. The molecule has 0 saturated carbocycles. The second kappa shape index (κ2) is 5.92. The maximum Gasteiger partial charge on any atom is 0.282 e. The van der Waals surface area contributed by atoms with Gasteiger partial charge >= 0.3 is 0 Å². The van der Waals surface area contributed by atoms with Crippen LogP contribution >= 0.6 is 0 Å². The molecule has 2 N–H and O–H groups in total. The predicted molar refractivity (Wildman–Crippen MR) is 90.4 cm³/mol. The van der Waals surface area contributed by atoms with Crippen LogP contribution in [0.25, 0.3) is 11.3 Å². The topological polar surface area (TPSA) is 77.0 Å². The number of rotatable bonds is 3. The van der Waals surface area contributed by atoms with Crippen molar-refractivity contribution in [3.8, 4) is 11.3 Å². The summed E-state index contributed by atoms with van der Waals surface area (Å²) in [4.78, 5) is 18.8. The Morgan fingerprint density at radius 3 is 2.65 bits per heavy atom. The number of hydrogen-bond acceptors (Lipinski definition) is 5. The second-order valence-corrected chi connectivity index (χ2v) is 5.32. The summed E-state index contributed by atoms with van der Waals surface area (Å²) < 4.78 is 1.23. The van der Waals surface area contributed by atoms with Crippen molar-refractivity contribution in [2.75, 3.05) is 24.7 Å². The summed E-state index contributed by atoms with van der Waals surface area (Å²) in [5.74, 6) is 0.0318. The van der Waals surface area contributed by atoms with Crippen molar-refractivity contribution in [2.45, 2.75) is 0 Å². The van der Waals surface area contributed by atoms with Gasteiger partial charge in [-0.25, -0.2) is 0 Å². The van der Waals surface area contributed by atoms with E-state index < -0.39 is 0 Å². The molecule has 0 atom stereocenters. The maximum absolute atomic E-state index is 12.8. The van der Waals surface area contributed by atoms with Gasteiger partial charge in [0.2, 0.25) is 0 Å². The van der Waals surface area contributed by atoms with E-state index in [1.165, 1.54) is 4.68 Å². The summed E-state index contributed by atoms with van der Waals surface area (Å²) in [6.07, 6.45) is 3.37. The van der Waals surface area contributed by atoms with Crippen LogP contribution in [-0.4, -0.2) is 34.8 Å². The van der Waals surface area contributed by atoms with E-state index in [0.717, 1.165) is 11.3 Å². The molecule has 0 aliphatic carbocycles. The largest absolute Gasteiger partial charge is 0.383 e. The Bertz CT molecular complexity index is 839. The summed E-state index contributed by atoms with van der Waals surface area (Å²) in [5.41, 5.74) is 8.78. The highest BCUT2D eigenvalue weighted by Gasteiger charge is 2.18. The molecule has 23 heavy (non-hydrogen) atoms. The summed E-state index contributed by atoms with van der Waals surface area (Å²) in [7, 11) is 3.78. The predicted octanol–water partition coefficient (Wildman–Crippen LogP) is 2.28. The number of para-hydroxylation sites is 1. The van der Waals surface area contributed by atoms with Gasteiger partial charge in [-0.1, -0.05) is 12.1 Å². The van der Waals surface area contributed by atoms with Gasteiger partial charge in [-0.2, -0.15) is 9.78 Å². The zero-order valence-corrected chi connectivity index (χ0v) is 13.0. The molecule has 0 amide bonds. The lowest BCUT2D eigenvalue weighted by molar-refractivity contribution is 0.0949. The molecule has 0 unspecified atom stereocenters. The van der Waals surface area contributed by atoms with Crippen molar-refractivity contribution in [1.29, 1.82) is 0 Å². The molecule has 3 rings (SSSR count). The highest BCUT2D eigenvalue weighted by Crippen LogP contribution is 2.23. The van der Waals surface area contributed by atoms with Crippen LogP contribution < -0.4 is 10.6 Å². The van der Waals surface area contributed by atoms with Crippen LogP contribution in [0.15, 0.2) is 54.9 Å². The van der Waals surface area contributed by atoms with E-state index in [1.54, 1.807) is 24.5 Å². The summed E-state index contributed by atoms with van der Waals surface area (Å²) >= 11 is 0. The molecule has 0 spiro atoms. The van der Waals surface area contributed by atoms with Gasteiger partial charge in [0.1, 0.15) is 5.82 Å². The minimum atomic E-state index is -0.262. The first-order chi connectivity index (χ1) is 11.1. The quantitative estimate of drug-likeness (QED) is 0.803. The molecular weight excluding hydrogens is 290 g/mol. The third-order valence-electron chi connectivity index (χ3n) is 3.50. The molecule has 0 radical (unpaired) electrons. The minimum Gasteiger partial charge on any atom is -0.383 e. The van der Waals surface area contributed by atoms with Gasteiger partial charge in [-0.15, -0.1) is 0 Å². The molecule has 1 aromatic carbocycles. The van der Waals surface area contributed by atoms with Gasteiger partial charge in [0.25, 0.3) is 5.91 Å². The highest BCUT2D eigenvalue weighted by molar-refractivity contribution is 6.02. The molecule has 3 aromatic rings. The minimum absolute atomic E-state index is 0.262. The number of carbonyl (C=O) groups is 1. The third-order valence-corrected chi connectivity index (χ3v) is 3.50. The normalized spacial score (nSPS) is 10.5. The Kier molecular flexibility index (Phi) is 3.80. The Labute approximate surface area is 134 Å².